The van der Waals surface area contributed by atoms with Gasteiger partial charge < -0.3 is 31.2 Å². The summed E-state index contributed by atoms with van der Waals surface area (Å²) in [4.78, 5) is 39.8. The van der Waals surface area contributed by atoms with E-state index in [-0.39, 0.29) is 5.56 Å². The molecule has 3 aromatic carbocycles. The number of rotatable bonds is 9. The number of carbonyl (C=O) groups is 3. The lowest BCUT2D eigenvalue weighted by Crippen LogP contribution is -2.19. The molecule has 0 saturated carbocycles. The van der Waals surface area contributed by atoms with E-state index in [0.717, 1.165) is 61.7 Å². The lowest BCUT2D eigenvalue weighted by molar-refractivity contribution is -0.107. The zero-order chi connectivity index (χ0) is 31.5. The summed E-state index contributed by atoms with van der Waals surface area (Å²) >= 11 is 0. The Morgan fingerprint density at radius 3 is 1.74 bits per heavy atom. The summed E-state index contributed by atoms with van der Waals surface area (Å²) in [6.07, 6.45) is 3.00. The monoisotopic (exact) mass is 586 g/mol. The maximum atomic E-state index is 10.7. The second kappa shape index (κ2) is 19.2. The number of aryl methyl sites for hydroxylation is 1. The molecule has 10 heteroatoms. The second-order valence-electron chi connectivity index (χ2n) is 9.05. The van der Waals surface area contributed by atoms with Crippen molar-refractivity contribution in [3.8, 4) is 0 Å². The Balaban J connectivity index is 0.000000219. The van der Waals surface area contributed by atoms with Crippen molar-refractivity contribution >= 4 is 41.7 Å². The lowest BCUT2D eigenvalue weighted by atomic mass is 10.1. The molecule has 0 radical (unpaired) electrons. The number of hydrogen-bond acceptors (Lipinski definition) is 8. The number of aldehydes is 1. The topological polar surface area (TPSA) is 144 Å². The van der Waals surface area contributed by atoms with E-state index in [1.54, 1.807) is 13.1 Å². The maximum absolute atomic E-state index is 10.7. The molecule has 5 rings (SSSR count). The largest absolute Gasteiger partial charge is 0.478 e. The molecule has 1 amide bonds. The number of amides is 1. The first-order valence-corrected chi connectivity index (χ1v) is 14.4. The van der Waals surface area contributed by atoms with Crippen molar-refractivity contribution < 1.29 is 19.5 Å². The first-order chi connectivity index (χ1) is 21.0. The maximum Gasteiger partial charge on any atom is 0.335 e. The number of anilines is 2. The minimum atomic E-state index is -1.03. The number of carboxylic acid groups (broad SMARTS) is 1. The number of nitrogens with zero attached hydrogens (tertiary/aromatic N) is 2. The van der Waals surface area contributed by atoms with Crippen LogP contribution in [0.25, 0.3) is 0 Å². The Labute approximate surface area is 253 Å². The molecule has 228 valence electrons. The number of carbonyl (C=O) groups excluding carboxylic acids is 2. The standard InChI is InChI=1S/C11H12N2O.C11H14N2.C9H10N2O3.C2H6/c14-8-5-9-1-3-10(4-2-9)11-12-6-7-13-11;1-2-9-3-5-10(6-4-9)11-12-7-8-13-11;1-10-7-2-6(9(13)14)3-8(4-7)11-5-12;1-2/h1-4,8H,5-7H2,(H,12,13);3-6H,2,7-8H2,1H3,(H,12,13);2-5,10H,1H3,(H,11,12)(H,13,14);1-2H3. The van der Waals surface area contributed by atoms with Crippen molar-refractivity contribution in [1.29, 1.82) is 0 Å². The number of nitrogens with one attached hydrogen (secondary N) is 4. The van der Waals surface area contributed by atoms with Crippen LogP contribution >= 0.6 is 0 Å². The molecule has 10 nitrogen and oxygen atoms in total. The molecule has 2 heterocycles. The van der Waals surface area contributed by atoms with Crippen LogP contribution in [0.3, 0.4) is 0 Å². The van der Waals surface area contributed by atoms with Crippen molar-refractivity contribution in [3.05, 3.63) is 94.5 Å². The van der Waals surface area contributed by atoms with Gasteiger partial charge in [0.15, 0.2) is 0 Å². The van der Waals surface area contributed by atoms with E-state index < -0.39 is 5.97 Å². The highest BCUT2D eigenvalue weighted by molar-refractivity contribution is 6.00. The van der Waals surface area contributed by atoms with Gasteiger partial charge in [-0.1, -0.05) is 69.3 Å². The average Bonchev–Trinajstić information content (AvgIpc) is 3.79. The normalized spacial score (nSPS) is 12.6. The molecule has 2 aliphatic heterocycles. The summed E-state index contributed by atoms with van der Waals surface area (Å²) in [6, 6.07) is 21.0. The molecular formula is C33H42N6O4. The number of hydrogen-bond donors (Lipinski definition) is 5. The molecule has 0 atom stereocenters. The summed E-state index contributed by atoms with van der Waals surface area (Å²) in [6.45, 7) is 9.83. The summed E-state index contributed by atoms with van der Waals surface area (Å²) in [5.41, 5.74) is 5.93. The van der Waals surface area contributed by atoms with Gasteiger partial charge in [-0.3, -0.25) is 14.8 Å². The summed E-state index contributed by atoms with van der Waals surface area (Å²) in [5.74, 6) is 0.973. The van der Waals surface area contributed by atoms with Crippen LogP contribution in [0.15, 0.2) is 76.7 Å². The van der Waals surface area contributed by atoms with Crippen molar-refractivity contribution in [2.45, 2.75) is 33.6 Å². The molecule has 43 heavy (non-hydrogen) atoms. The quantitative estimate of drug-likeness (QED) is 0.234. The van der Waals surface area contributed by atoms with Crippen LogP contribution in [-0.2, 0) is 22.4 Å². The van der Waals surface area contributed by atoms with Gasteiger partial charge in [-0.05, 0) is 35.7 Å². The molecule has 0 unspecified atom stereocenters. The van der Waals surface area contributed by atoms with E-state index in [9.17, 15) is 14.4 Å². The molecule has 0 aromatic heterocycles. The van der Waals surface area contributed by atoms with Gasteiger partial charge >= 0.3 is 5.97 Å². The number of carboxylic acids is 1. The molecule has 3 aromatic rings. The van der Waals surface area contributed by atoms with Crippen LogP contribution in [0, 0.1) is 0 Å². The SMILES string of the molecule is CC.CCc1ccc(C2=NCCN2)cc1.CNc1cc(NC=O)cc(C(=O)O)c1.O=CCc1ccc(C2=NCCN2)cc1. The third-order valence-corrected chi connectivity index (χ3v) is 6.22. The average molecular weight is 587 g/mol. The van der Waals surface area contributed by atoms with Gasteiger partial charge in [-0.25, -0.2) is 4.79 Å². The van der Waals surface area contributed by atoms with Gasteiger partial charge in [-0.15, -0.1) is 0 Å². The summed E-state index contributed by atoms with van der Waals surface area (Å²) in [5, 5.41) is 20.4. The summed E-state index contributed by atoms with van der Waals surface area (Å²) < 4.78 is 0. The van der Waals surface area contributed by atoms with Crippen LogP contribution in [0.2, 0.25) is 0 Å². The molecule has 0 aliphatic carbocycles. The summed E-state index contributed by atoms with van der Waals surface area (Å²) in [7, 11) is 1.67. The third-order valence-electron chi connectivity index (χ3n) is 6.22. The minimum Gasteiger partial charge on any atom is -0.478 e. The Kier molecular flexibility index (Phi) is 15.3. The fourth-order valence-corrected chi connectivity index (χ4v) is 4.02. The van der Waals surface area contributed by atoms with Crippen LogP contribution in [0.5, 0.6) is 0 Å². The molecule has 0 saturated heterocycles. The van der Waals surface area contributed by atoms with Gasteiger partial charge in [0, 0.05) is 49.1 Å². The first-order valence-electron chi connectivity index (χ1n) is 14.4. The first kappa shape index (κ1) is 34.2. The van der Waals surface area contributed by atoms with Gasteiger partial charge in [-0.2, -0.15) is 0 Å². The highest BCUT2D eigenvalue weighted by atomic mass is 16.4. The van der Waals surface area contributed by atoms with E-state index in [1.165, 1.54) is 23.3 Å². The smallest absolute Gasteiger partial charge is 0.335 e. The fourth-order valence-electron chi connectivity index (χ4n) is 4.02. The zero-order valence-corrected chi connectivity index (χ0v) is 25.3. The molecule has 0 fully saturated rings. The Morgan fingerprint density at radius 1 is 0.837 bits per heavy atom. The van der Waals surface area contributed by atoms with Crippen molar-refractivity contribution in [1.82, 2.24) is 10.6 Å². The highest BCUT2D eigenvalue weighted by Gasteiger charge is 2.08. The predicted molar refractivity (Wildman–Crippen MR) is 175 cm³/mol. The second-order valence-corrected chi connectivity index (χ2v) is 9.05. The number of aliphatic imine (C=N–C) groups is 2. The number of benzene rings is 3. The van der Waals surface area contributed by atoms with Crippen LogP contribution < -0.4 is 21.3 Å². The van der Waals surface area contributed by atoms with Gasteiger partial charge in [0.1, 0.15) is 18.0 Å². The fraction of sp³-hybridized carbons (Fsp3) is 0.303. The van der Waals surface area contributed by atoms with Gasteiger partial charge in [0.05, 0.1) is 18.7 Å². The lowest BCUT2D eigenvalue weighted by Gasteiger charge is -2.05. The minimum absolute atomic E-state index is 0.126. The molecular weight excluding hydrogens is 544 g/mol. The molecule has 5 N–H and O–H groups in total. The third kappa shape index (κ3) is 11.4. The Bertz CT molecular complexity index is 1370. The molecule has 0 spiro atoms. The van der Waals surface area contributed by atoms with E-state index in [2.05, 4.69) is 62.4 Å². The van der Waals surface area contributed by atoms with Crippen molar-refractivity contribution in [3.63, 3.8) is 0 Å². The number of amidine groups is 2. The highest BCUT2D eigenvalue weighted by Crippen LogP contribution is 2.18. The van der Waals surface area contributed by atoms with E-state index in [0.29, 0.717) is 24.2 Å². The van der Waals surface area contributed by atoms with Crippen LogP contribution in [0.1, 0.15) is 53.4 Å². The Hall–Kier alpha value is -4.99. The van der Waals surface area contributed by atoms with E-state index in [4.69, 9.17) is 5.11 Å². The Morgan fingerprint density at radius 2 is 1.35 bits per heavy atom. The zero-order valence-electron chi connectivity index (χ0n) is 25.3. The van der Waals surface area contributed by atoms with Crippen LogP contribution in [-0.4, -0.2) is 68.7 Å². The van der Waals surface area contributed by atoms with Crippen molar-refractivity contribution in [2.24, 2.45) is 9.98 Å². The van der Waals surface area contributed by atoms with Crippen LogP contribution in [0.4, 0.5) is 11.4 Å². The number of aromatic carboxylic acids is 1. The molecule has 0 bridgehead atoms. The van der Waals surface area contributed by atoms with E-state index in [1.807, 2.05) is 38.1 Å². The van der Waals surface area contributed by atoms with Gasteiger partial charge in [0.2, 0.25) is 6.41 Å². The molecule has 2 aliphatic rings. The van der Waals surface area contributed by atoms with Gasteiger partial charge in [0.25, 0.3) is 0 Å². The van der Waals surface area contributed by atoms with Crippen molar-refractivity contribution in [2.75, 3.05) is 43.9 Å². The predicted octanol–water partition coefficient (Wildman–Crippen LogP) is 4.40. The van der Waals surface area contributed by atoms with E-state index >= 15 is 0 Å².